The number of H-pyrrole nitrogens is 1. The highest BCUT2D eigenvalue weighted by molar-refractivity contribution is 5.76. The lowest BCUT2D eigenvalue weighted by atomic mass is 10.2. The Morgan fingerprint density at radius 3 is 1.49 bits per heavy atom. The topological polar surface area (TPSA) is 446 Å². The van der Waals surface area contributed by atoms with E-state index in [1.54, 1.807) is 13.1 Å². The average molecular weight is 908 g/mol. The average Bonchev–Trinajstić information content (AvgIpc) is 3.89. The van der Waals surface area contributed by atoms with E-state index in [4.69, 9.17) is 35.8 Å². The van der Waals surface area contributed by atoms with Crippen LogP contribution in [0.25, 0.3) is 33.3 Å². The number of anilines is 1. The number of aryl methyl sites for hydroxylation is 2. The highest BCUT2D eigenvalue weighted by Crippen LogP contribution is 2.29. The third kappa shape index (κ3) is 13.2. The molecule has 340 valence electrons. The van der Waals surface area contributed by atoms with Crippen LogP contribution in [0.5, 0.6) is 11.5 Å². The predicted molar refractivity (Wildman–Crippen MR) is 226 cm³/mol. The highest BCUT2D eigenvalue weighted by Gasteiger charge is 2.18. The van der Waals surface area contributed by atoms with Crippen LogP contribution in [0.3, 0.4) is 0 Å². The number of non-ortho nitro benzene ring substituents is 4. The molecule has 0 saturated heterocycles. The Hall–Kier alpha value is -10.1. The van der Waals surface area contributed by atoms with Crippen LogP contribution in [0.15, 0.2) is 125 Å². The lowest BCUT2D eigenvalue weighted by Crippen LogP contribution is -2.08. The maximum atomic E-state index is 11.0. The van der Waals surface area contributed by atoms with Crippen LogP contribution in [0.4, 0.5) is 34.1 Å². The molecular formula is C36H33N11O18. The van der Waals surface area contributed by atoms with E-state index in [0.29, 0.717) is 33.8 Å². The van der Waals surface area contributed by atoms with E-state index in [1.807, 2.05) is 18.2 Å². The summed E-state index contributed by atoms with van der Waals surface area (Å²) in [6.07, 6.45) is 0. The van der Waals surface area contributed by atoms with Crippen LogP contribution in [0, 0.1) is 61.6 Å². The summed E-state index contributed by atoms with van der Waals surface area (Å²) in [4.78, 5) is 83.0. The largest absolute Gasteiger partial charge is 0.506 e. The summed E-state index contributed by atoms with van der Waals surface area (Å²) in [6.45, 7) is 0. The molecule has 0 aliphatic heterocycles. The van der Waals surface area contributed by atoms with Crippen molar-refractivity contribution in [2.45, 2.75) is 7.43 Å². The summed E-state index contributed by atoms with van der Waals surface area (Å²) in [5.41, 5.74) is 16.7. The van der Waals surface area contributed by atoms with Crippen molar-refractivity contribution in [1.82, 2.24) is 14.1 Å². The van der Waals surface area contributed by atoms with Crippen molar-refractivity contribution < 1.29 is 48.1 Å². The predicted octanol–water partition coefficient (Wildman–Crippen LogP) is 6.52. The Bertz CT molecular complexity index is 3200. The number of nitrogen functional groups attached to an aromatic ring is 1. The molecule has 8 rings (SSSR count). The first-order valence-electron chi connectivity index (χ1n) is 16.8. The number of hydrogen-bond acceptors (Lipinski definition) is 21. The van der Waals surface area contributed by atoms with Gasteiger partial charge in [-0.1, -0.05) is 19.6 Å². The number of phenols is 2. The van der Waals surface area contributed by atoms with Crippen LogP contribution >= 0.6 is 0 Å². The van der Waals surface area contributed by atoms with Gasteiger partial charge in [0.05, 0.1) is 52.9 Å². The number of para-hydroxylation sites is 2. The van der Waals surface area contributed by atoms with Crippen LogP contribution in [-0.2, 0) is 14.1 Å². The molecule has 0 aliphatic rings. The molecule has 0 spiro atoms. The molecule has 0 radical (unpaired) electrons. The Morgan fingerprint density at radius 2 is 0.985 bits per heavy atom. The van der Waals surface area contributed by atoms with Gasteiger partial charge < -0.3 is 29.2 Å². The Morgan fingerprint density at radius 1 is 0.554 bits per heavy atom. The molecule has 8 aromatic rings. The van der Waals surface area contributed by atoms with Gasteiger partial charge in [0.25, 0.3) is 22.7 Å². The Balaban J connectivity index is 0.000000276. The fourth-order valence-electron chi connectivity index (χ4n) is 4.79. The molecule has 3 aromatic heterocycles. The quantitative estimate of drug-likeness (QED) is 0.0351. The number of aromatic nitrogens is 3. The maximum absolute atomic E-state index is 11.0. The van der Waals surface area contributed by atoms with E-state index >= 15 is 0 Å². The second kappa shape index (κ2) is 22.5. The normalized spacial score (nSPS) is 9.75. The summed E-state index contributed by atoms with van der Waals surface area (Å²) >= 11 is 0. The minimum atomic E-state index is -0.887. The minimum Gasteiger partial charge on any atom is -0.506 e. The lowest BCUT2D eigenvalue weighted by molar-refractivity contribution is -0.394. The first-order chi connectivity index (χ1) is 30.2. The highest BCUT2D eigenvalue weighted by atomic mass is 16.6. The van der Waals surface area contributed by atoms with Crippen molar-refractivity contribution in [1.29, 1.82) is 11.1 Å². The number of nitrogens with one attached hydrogen (secondary N) is 3. The number of aromatic hydroxyl groups is 2. The van der Waals surface area contributed by atoms with E-state index in [9.17, 15) is 65.0 Å². The molecule has 5 aromatic carbocycles. The van der Waals surface area contributed by atoms with Crippen LogP contribution in [0.1, 0.15) is 7.43 Å². The van der Waals surface area contributed by atoms with Crippen molar-refractivity contribution >= 4 is 67.4 Å². The number of nitrogens with zero attached hydrogens (tertiary/aromatic N) is 7. The standard InChI is InChI=1S/C8H6N2O4.C8H7NO2.C7H4N2O4.C6H4N2O5.C6H6N2O3.CH4.H2N2/c1-9-6-4-5(10(12)13)2-3-7(6)14-8(9)11;1-9-6-4-2-3-5-7(6)11-8(9)10;10-7-8-5-3-4(9(11)12)1-2-6(5)13-7;9-6-2-1-4(7(10)11)3-5(6)8(12)13;7-5-3-4(8(10)11)1-2-6(5)9;;1-2/h2-4H,1H3;2-5H,1H3;1-3H,(H,8,10);1-3,9H;1-3,9H,7H2;1H4;1-2H. The van der Waals surface area contributed by atoms with E-state index in [1.165, 1.54) is 64.7 Å². The van der Waals surface area contributed by atoms with Crippen molar-refractivity contribution in [3.63, 3.8) is 0 Å². The number of rotatable bonds is 5. The lowest BCUT2D eigenvalue weighted by Gasteiger charge is -1.96. The fourth-order valence-corrected chi connectivity index (χ4v) is 4.79. The third-order valence-corrected chi connectivity index (χ3v) is 7.89. The van der Waals surface area contributed by atoms with Crippen LogP contribution in [-0.4, -0.2) is 48.9 Å². The molecule has 0 saturated carbocycles. The molecule has 0 aliphatic carbocycles. The Kier molecular flexibility index (Phi) is 17.7. The summed E-state index contributed by atoms with van der Waals surface area (Å²) < 4.78 is 17.1. The minimum absolute atomic E-state index is 0. The van der Waals surface area contributed by atoms with E-state index in [0.717, 1.165) is 23.7 Å². The van der Waals surface area contributed by atoms with Gasteiger partial charge in [-0.3, -0.25) is 64.7 Å². The number of aromatic amines is 1. The van der Waals surface area contributed by atoms with Crippen molar-refractivity contribution in [2.75, 3.05) is 5.73 Å². The van der Waals surface area contributed by atoms with Crippen molar-refractivity contribution in [3.8, 4) is 11.5 Å². The number of nitrogens with two attached hydrogens (primary N) is 1. The molecule has 65 heavy (non-hydrogen) atoms. The van der Waals surface area contributed by atoms with Crippen LogP contribution < -0.4 is 23.0 Å². The summed E-state index contributed by atoms with van der Waals surface area (Å²) in [5, 5.41) is 69.1. The van der Waals surface area contributed by atoms with E-state index in [2.05, 4.69) is 9.40 Å². The number of nitro benzene ring substituents is 5. The fraction of sp³-hybridized carbons (Fsp3) is 0.0833. The number of benzene rings is 5. The number of phenolic OH excluding ortho intramolecular Hbond substituents is 2. The van der Waals surface area contributed by atoms with Gasteiger partial charge in [0.2, 0.25) is 0 Å². The molecule has 7 N–H and O–H groups in total. The number of oxazole rings is 3. The number of nitro groups is 5. The zero-order valence-corrected chi connectivity index (χ0v) is 32.4. The summed E-state index contributed by atoms with van der Waals surface area (Å²) in [5.74, 6) is -2.19. The van der Waals surface area contributed by atoms with Gasteiger partial charge in [-0.2, -0.15) is 0 Å². The molecule has 3 heterocycles. The first-order valence-corrected chi connectivity index (χ1v) is 16.8. The molecule has 0 fully saturated rings. The van der Waals surface area contributed by atoms with Crippen molar-refractivity contribution in [2.24, 2.45) is 14.1 Å². The molecule has 0 unspecified atom stereocenters. The number of fused-ring (bicyclic) bond motifs is 3. The van der Waals surface area contributed by atoms with Crippen LogP contribution in [0.2, 0.25) is 0 Å². The molecular weight excluding hydrogens is 874 g/mol. The second-order valence-electron chi connectivity index (χ2n) is 11.9. The molecule has 29 nitrogen and oxygen atoms in total. The zero-order chi connectivity index (χ0) is 48.0. The SMILES string of the molecule is C.Cn1c(=O)oc2ccc([N+](=O)[O-])cc21.Cn1c(=O)oc2ccccc21.N=N.Nc1cc([N+](=O)[O-])ccc1O.O=[N+]([O-])c1ccc(O)c([N+](=O)[O-])c1.O=c1[nH]c2cc([N+](=O)[O-])ccc2o1. The van der Waals surface area contributed by atoms with E-state index < -0.39 is 53.3 Å². The molecule has 0 atom stereocenters. The summed E-state index contributed by atoms with van der Waals surface area (Å²) in [7, 11) is 3.19. The molecule has 29 heteroatoms. The smallest absolute Gasteiger partial charge is 0.419 e. The third-order valence-electron chi connectivity index (χ3n) is 7.89. The summed E-state index contributed by atoms with van der Waals surface area (Å²) in [6, 6.07) is 21.3. The second-order valence-corrected chi connectivity index (χ2v) is 11.9. The molecule has 0 bridgehead atoms. The maximum Gasteiger partial charge on any atom is 0.419 e. The van der Waals surface area contributed by atoms with Gasteiger partial charge in [0.1, 0.15) is 5.75 Å². The van der Waals surface area contributed by atoms with Gasteiger partial charge >= 0.3 is 23.0 Å². The van der Waals surface area contributed by atoms with Gasteiger partial charge in [-0.25, -0.2) is 25.4 Å². The first kappa shape index (κ1) is 51.1. The van der Waals surface area contributed by atoms with Gasteiger partial charge in [-0.05, 0) is 36.4 Å². The Labute approximate surface area is 358 Å². The zero-order valence-electron chi connectivity index (χ0n) is 32.4. The monoisotopic (exact) mass is 907 g/mol. The van der Waals surface area contributed by atoms with Crippen molar-refractivity contribution in [3.05, 3.63) is 179 Å². The molecule has 0 amide bonds. The number of hydrogen-bond donors (Lipinski definition) is 6. The van der Waals surface area contributed by atoms with Gasteiger partial charge in [0, 0.05) is 56.6 Å². The van der Waals surface area contributed by atoms with Gasteiger partial charge in [0.15, 0.2) is 22.5 Å². The van der Waals surface area contributed by atoms with E-state index in [-0.39, 0.29) is 41.7 Å². The van der Waals surface area contributed by atoms with Gasteiger partial charge in [-0.15, -0.1) is 0 Å².